The van der Waals surface area contributed by atoms with E-state index >= 15 is 0 Å². The van der Waals surface area contributed by atoms with Crippen molar-refractivity contribution in [3.05, 3.63) is 53.6 Å². The van der Waals surface area contributed by atoms with Crippen LogP contribution in [-0.4, -0.2) is 32.7 Å². The molecule has 1 amide bonds. The van der Waals surface area contributed by atoms with E-state index in [4.69, 9.17) is 0 Å². The number of H-pyrrole nitrogens is 1. The maximum absolute atomic E-state index is 12.3. The Morgan fingerprint density at radius 2 is 1.95 bits per heavy atom. The molecule has 1 aromatic heterocycles. The largest absolute Gasteiger partial charge is 0.293 e. The van der Waals surface area contributed by atoms with E-state index in [0.29, 0.717) is 5.57 Å². The summed E-state index contributed by atoms with van der Waals surface area (Å²) in [6.45, 7) is 0. The van der Waals surface area contributed by atoms with Crippen LogP contribution in [0.25, 0.3) is 16.8 Å². The van der Waals surface area contributed by atoms with E-state index in [-0.39, 0.29) is 11.9 Å². The third kappa shape index (κ3) is 2.05. The van der Waals surface area contributed by atoms with Gasteiger partial charge < -0.3 is 0 Å². The summed E-state index contributed by atoms with van der Waals surface area (Å²) in [6.07, 6.45) is 3.28. The molecule has 106 valence electrons. The van der Waals surface area contributed by atoms with Gasteiger partial charge in [0.15, 0.2) is 0 Å². The molecular weight excluding hydrogens is 280 g/mol. The topological polar surface area (TPSA) is 87.1 Å². The van der Waals surface area contributed by atoms with Crippen LogP contribution >= 0.6 is 0 Å². The van der Waals surface area contributed by atoms with Gasteiger partial charge in [0.1, 0.15) is 0 Å². The Morgan fingerprint density at radius 3 is 2.77 bits per heavy atom. The molecule has 0 saturated carbocycles. The van der Waals surface area contributed by atoms with Crippen molar-refractivity contribution in [1.29, 1.82) is 0 Å². The Kier molecular flexibility index (Phi) is 2.75. The van der Waals surface area contributed by atoms with Gasteiger partial charge in [0.25, 0.3) is 11.9 Å². The fourth-order valence-electron chi connectivity index (χ4n) is 2.31. The zero-order valence-corrected chi connectivity index (χ0v) is 11.3. The average molecular weight is 290 g/mol. The van der Waals surface area contributed by atoms with Crippen molar-refractivity contribution < 1.29 is 4.79 Å². The summed E-state index contributed by atoms with van der Waals surface area (Å²) >= 11 is 0. The van der Waals surface area contributed by atoms with Gasteiger partial charge in [-0.05, 0) is 33.7 Å². The third-order valence-electron chi connectivity index (χ3n) is 3.37. The van der Waals surface area contributed by atoms with E-state index in [0.717, 1.165) is 21.3 Å². The molecule has 0 fully saturated rings. The van der Waals surface area contributed by atoms with Gasteiger partial charge in [0.2, 0.25) is 0 Å². The second-order valence-electron chi connectivity index (χ2n) is 4.78. The van der Waals surface area contributed by atoms with Crippen molar-refractivity contribution in [2.75, 3.05) is 5.01 Å². The maximum atomic E-state index is 12.3. The van der Waals surface area contributed by atoms with Gasteiger partial charge in [0, 0.05) is 0 Å². The van der Waals surface area contributed by atoms with Crippen LogP contribution in [-0.2, 0) is 4.79 Å². The number of amides is 1. The van der Waals surface area contributed by atoms with Crippen LogP contribution in [0.3, 0.4) is 0 Å². The van der Waals surface area contributed by atoms with Gasteiger partial charge in [-0.3, -0.25) is 4.79 Å². The zero-order chi connectivity index (χ0) is 14.9. The summed E-state index contributed by atoms with van der Waals surface area (Å²) in [6, 6.07) is 14.1. The number of aromatic nitrogens is 4. The highest BCUT2D eigenvalue weighted by molar-refractivity contribution is 6.25. The summed E-state index contributed by atoms with van der Waals surface area (Å²) in [4.78, 5) is 12.3. The standard InChI is InChI=1S/C15H10N6O/c22-14-13(9-16-21(14)15-17-19-20-18-15)8-10-5-6-11-3-1-2-4-12(11)7-10/h1-9H,(H,17,18,19,20)/b13-8+. The first-order valence-electron chi connectivity index (χ1n) is 6.64. The van der Waals surface area contributed by atoms with Crippen molar-refractivity contribution in [2.24, 2.45) is 5.10 Å². The minimum atomic E-state index is -0.283. The fourth-order valence-corrected chi connectivity index (χ4v) is 2.31. The Labute approximate surface area is 124 Å². The summed E-state index contributed by atoms with van der Waals surface area (Å²) < 4.78 is 0. The number of aromatic amines is 1. The van der Waals surface area contributed by atoms with Gasteiger partial charge in [-0.1, -0.05) is 41.5 Å². The number of hydrogen-bond donors (Lipinski definition) is 1. The van der Waals surface area contributed by atoms with Crippen LogP contribution in [0.5, 0.6) is 0 Å². The van der Waals surface area contributed by atoms with E-state index in [1.165, 1.54) is 6.21 Å². The van der Waals surface area contributed by atoms with Crippen molar-refractivity contribution in [1.82, 2.24) is 20.6 Å². The van der Waals surface area contributed by atoms with Crippen molar-refractivity contribution in [2.45, 2.75) is 0 Å². The number of benzene rings is 2. The van der Waals surface area contributed by atoms with Crippen molar-refractivity contribution >= 4 is 34.9 Å². The predicted octanol–water partition coefficient (Wildman–Crippen LogP) is 1.77. The molecule has 1 aliphatic heterocycles. The van der Waals surface area contributed by atoms with Gasteiger partial charge >= 0.3 is 0 Å². The molecule has 0 unspecified atom stereocenters. The highest BCUT2D eigenvalue weighted by Crippen LogP contribution is 2.20. The molecule has 0 aliphatic carbocycles. The highest BCUT2D eigenvalue weighted by Gasteiger charge is 2.26. The quantitative estimate of drug-likeness (QED) is 0.729. The van der Waals surface area contributed by atoms with Crippen LogP contribution in [0.4, 0.5) is 5.95 Å². The number of anilines is 1. The molecule has 2 aromatic carbocycles. The SMILES string of the molecule is O=C1/C(=C/c2ccc3ccccc3c2)C=NN1c1nn[nH]n1. The van der Waals surface area contributed by atoms with Gasteiger partial charge in [-0.2, -0.15) is 15.3 Å². The average Bonchev–Trinajstić information content (AvgIpc) is 3.18. The zero-order valence-electron chi connectivity index (χ0n) is 11.3. The molecule has 1 N–H and O–H groups in total. The number of hydrazone groups is 1. The Balaban J connectivity index is 1.68. The fraction of sp³-hybridized carbons (Fsp3) is 0. The smallest absolute Gasteiger partial charge is 0.267 e. The summed E-state index contributed by atoms with van der Waals surface area (Å²) in [7, 11) is 0. The molecule has 2 heterocycles. The molecule has 7 heteroatoms. The maximum Gasteiger partial charge on any atom is 0.293 e. The first-order chi connectivity index (χ1) is 10.8. The van der Waals surface area contributed by atoms with Crippen LogP contribution < -0.4 is 5.01 Å². The predicted molar refractivity (Wildman–Crippen MR) is 82.1 cm³/mol. The number of carbonyl (C=O) groups is 1. The van der Waals surface area contributed by atoms with Crippen LogP contribution in [0.1, 0.15) is 5.56 Å². The molecule has 22 heavy (non-hydrogen) atoms. The lowest BCUT2D eigenvalue weighted by Gasteiger charge is -2.04. The number of fused-ring (bicyclic) bond motifs is 1. The molecule has 0 radical (unpaired) electrons. The lowest BCUT2D eigenvalue weighted by Crippen LogP contribution is -2.22. The summed E-state index contributed by atoms with van der Waals surface area (Å²) in [5.41, 5.74) is 1.41. The molecule has 0 saturated heterocycles. The van der Waals surface area contributed by atoms with Crippen molar-refractivity contribution in [3.8, 4) is 0 Å². The molecule has 7 nitrogen and oxygen atoms in total. The van der Waals surface area contributed by atoms with E-state index in [2.05, 4.69) is 25.7 Å². The van der Waals surface area contributed by atoms with Crippen molar-refractivity contribution in [3.63, 3.8) is 0 Å². The van der Waals surface area contributed by atoms with E-state index < -0.39 is 0 Å². The number of rotatable bonds is 2. The summed E-state index contributed by atoms with van der Waals surface area (Å²) in [5, 5.41) is 20.6. The number of nitrogens with one attached hydrogen (secondary N) is 1. The number of hydrogen-bond acceptors (Lipinski definition) is 5. The molecule has 0 atom stereocenters. The van der Waals surface area contributed by atoms with Crippen LogP contribution in [0, 0.1) is 0 Å². The van der Waals surface area contributed by atoms with Crippen LogP contribution in [0.2, 0.25) is 0 Å². The minimum Gasteiger partial charge on any atom is -0.267 e. The number of nitrogens with zero attached hydrogens (tertiary/aromatic N) is 5. The minimum absolute atomic E-state index is 0.128. The number of tetrazole rings is 1. The second kappa shape index (κ2) is 4.88. The Hall–Kier alpha value is -3.35. The second-order valence-corrected chi connectivity index (χ2v) is 4.78. The van der Waals surface area contributed by atoms with Gasteiger partial charge in [0.05, 0.1) is 11.8 Å². The molecule has 3 aromatic rings. The molecule has 4 rings (SSSR count). The monoisotopic (exact) mass is 290 g/mol. The van der Waals surface area contributed by atoms with Crippen LogP contribution in [0.15, 0.2) is 53.1 Å². The Morgan fingerprint density at radius 1 is 1.09 bits per heavy atom. The van der Waals surface area contributed by atoms with E-state index in [9.17, 15) is 4.79 Å². The molecule has 0 bridgehead atoms. The third-order valence-corrected chi connectivity index (χ3v) is 3.37. The summed E-state index contributed by atoms with van der Waals surface area (Å²) in [5.74, 6) is -0.155. The number of carbonyl (C=O) groups excluding carboxylic acids is 1. The lowest BCUT2D eigenvalue weighted by atomic mass is 10.1. The lowest BCUT2D eigenvalue weighted by molar-refractivity contribution is -0.114. The first kappa shape index (κ1) is 12.4. The molecule has 1 aliphatic rings. The normalized spacial score (nSPS) is 16.1. The van der Waals surface area contributed by atoms with Gasteiger partial charge in [-0.15, -0.1) is 5.10 Å². The van der Waals surface area contributed by atoms with Gasteiger partial charge in [-0.25, -0.2) is 0 Å². The molecular formula is C15H10N6O. The Bertz CT molecular complexity index is 913. The molecule has 0 spiro atoms. The van der Waals surface area contributed by atoms with E-state index in [1.54, 1.807) is 6.08 Å². The van der Waals surface area contributed by atoms with E-state index in [1.807, 2.05) is 42.5 Å². The highest BCUT2D eigenvalue weighted by atomic mass is 16.2. The first-order valence-corrected chi connectivity index (χ1v) is 6.64.